The predicted molar refractivity (Wildman–Crippen MR) is 66.2 cm³/mol. The summed E-state index contributed by atoms with van der Waals surface area (Å²) >= 11 is 0. The molecule has 1 aliphatic rings. The van der Waals surface area contributed by atoms with Crippen molar-refractivity contribution in [3.05, 3.63) is 24.0 Å². The van der Waals surface area contributed by atoms with Gasteiger partial charge in [0.1, 0.15) is 0 Å². The van der Waals surface area contributed by atoms with E-state index in [1.165, 1.54) is 0 Å². The van der Waals surface area contributed by atoms with E-state index in [0.29, 0.717) is 12.5 Å². The van der Waals surface area contributed by atoms with Gasteiger partial charge in [0.15, 0.2) is 5.78 Å². The molecule has 1 unspecified atom stereocenters. The number of hydrogen-bond acceptors (Lipinski definition) is 3. The molecule has 1 aliphatic heterocycles. The van der Waals surface area contributed by atoms with Crippen LogP contribution in [-0.2, 0) is 11.8 Å². The minimum Gasteiger partial charge on any atom is -0.384 e. The number of carbonyl (C=O) groups excluding carboxylic acids is 1. The van der Waals surface area contributed by atoms with E-state index in [-0.39, 0.29) is 5.78 Å². The molecule has 0 aliphatic carbocycles. The first-order chi connectivity index (χ1) is 8.19. The van der Waals surface area contributed by atoms with Crippen molar-refractivity contribution in [2.75, 3.05) is 33.4 Å². The number of hydrogen-bond donors (Lipinski definition) is 0. The molecule has 1 aromatic heterocycles. The van der Waals surface area contributed by atoms with Crippen LogP contribution in [0.5, 0.6) is 0 Å². The van der Waals surface area contributed by atoms with Crippen LogP contribution in [0, 0.1) is 5.92 Å². The molecular weight excluding hydrogens is 216 g/mol. The van der Waals surface area contributed by atoms with Gasteiger partial charge in [0.05, 0.1) is 13.2 Å². The van der Waals surface area contributed by atoms with Gasteiger partial charge in [0, 0.05) is 38.7 Å². The van der Waals surface area contributed by atoms with Crippen molar-refractivity contribution in [2.24, 2.45) is 13.0 Å². The van der Waals surface area contributed by atoms with Crippen molar-refractivity contribution in [3.8, 4) is 0 Å². The molecule has 94 valence electrons. The number of aryl methyl sites for hydroxylation is 1. The van der Waals surface area contributed by atoms with Gasteiger partial charge in [0.2, 0.25) is 0 Å². The normalized spacial score (nSPS) is 20.9. The number of likely N-dealkylation sites (tertiary alicyclic amines) is 1. The van der Waals surface area contributed by atoms with E-state index in [1.54, 1.807) is 7.11 Å². The summed E-state index contributed by atoms with van der Waals surface area (Å²) in [7, 11) is 3.67. The smallest absolute Gasteiger partial charge is 0.178 e. The molecule has 4 nitrogen and oxygen atoms in total. The second-order valence-electron chi connectivity index (χ2n) is 4.83. The summed E-state index contributed by atoms with van der Waals surface area (Å²) in [6, 6.07) is 1.88. The summed E-state index contributed by atoms with van der Waals surface area (Å²) in [4.78, 5) is 14.2. The van der Waals surface area contributed by atoms with Gasteiger partial charge >= 0.3 is 0 Å². The van der Waals surface area contributed by atoms with Crippen LogP contribution in [0.4, 0.5) is 0 Å². The highest BCUT2D eigenvalue weighted by Crippen LogP contribution is 2.16. The lowest BCUT2D eigenvalue weighted by molar-refractivity contribution is 0.0937. The minimum absolute atomic E-state index is 0.212. The molecule has 0 aromatic carbocycles. The van der Waals surface area contributed by atoms with Gasteiger partial charge in [0.25, 0.3) is 0 Å². The van der Waals surface area contributed by atoms with Crippen LogP contribution < -0.4 is 0 Å². The Morgan fingerprint density at radius 1 is 1.59 bits per heavy atom. The molecule has 0 bridgehead atoms. The fourth-order valence-electron chi connectivity index (χ4n) is 2.39. The highest BCUT2D eigenvalue weighted by atomic mass is 16.5. The van der Waals surface area contributed by atoms with Gasteiger partial charge < -0.3 is 9.30 Å². The third-order valence-electron chi connectivity index (χ3n) is 3.29. The largest absolute Gasteiger partial charge is 0.384 e. The van der Waals surface area contributed by atoms with Crippen molar-refractivity contribution in [1.82, 2.24) is 9.47 Å². The van der Waals surface area contributed by atoms with E-state index in [1.807, 2.05) is 30.1 Å². The number of carbonyl (C=O) groups is 1. The maximum Gasteiger partial charge on any atom is 0.178 e. The van der Waals surface area contributed by atoms with E-state index in [4.69, 9.17) is 4.74 Å². The zero-order valence-electron chi connectivity index (χ0n) is 10.6. The first-order valence-corrected chi connectivity index (χ1v) is 6.05. The number of nitrogens with zero attached hydrogens (tertiary/aromatic N) is 2. The molecule has 2 rings (SSSR count). The average Bonchev–Trinajstić information content (AvgIpc) is 2.88. The third-order valence-corrected chi connectivity index (χ3v) is 3.29. The molecule has 2 heterocycles. The average molecular weight is 236 g/mol. The van der Waals surface area contributed by atoms with Crippen LogP contribution in [0.1, 0.15) is 16.8 Å². The molecule has 0 spiro atoms. The molecule has 0 saturated carbocycles. The maximum atomic E-state index is 12.0. The van der Waals surface area contributed by atoms with E-state index in [9.17, 15) is 4.79 Å². The number of ether oxygens (including phenoxy) is 1. The number of rotatable bonds is 5. The van der Waals surface area contributed by atoms with Crippen LogP contribution in [0.25, 0.3) is 0 Å². The molecule has 0 radical (unpaired) electrons. The first-order valence-electron chi connectivity index (χ1n) is 6.05. The van der Waals surface area contributed by atoms with Crippen LogP contribution in [0.15, 0.2) is 18.5 Å². The molecule has 1 aromatic rings. The first kappa shape index (κ1) is 12.3. The lowest BCUT2D eigenvalue weighted by Gasteiger charge is -2.14. The second kappa shape index (κ2) is 5.47. The SMILES string of the molecule is COCC1CCN(CC(=O)c2ccn(C)c2)C1. The number of ketones is 1. The molecule has 17 heavy (non-hydrogen) atoms. The predicted octanol–water partition coefficient (Wildman–Crippen LogP) is 1.18. The topological polar surface area (TPSA) is 34.5 Å². The summed E-state index contributed by atoms with van der Waals surface area (Å²) < 4.78 is 7.06. The third kappa shape index (κ3) is 3.17. The van der Waals surface area contributed by atoms with E-state index in [2.05, 4.69) is 4.90 Å². The number of Topliss-reactive ketones (excluding diaryl/α,β-unsaturated/α-hetero) is 1. The Morgan fingerprint density at radius 2 is 2.41 bits per heavy atom. The van der Waals surface area contributed by atoms with Crippen molar-refractivity contribution < 1.29 is 9.53 Å². The number of aromatic nitrogens is 1. The Bertz CT molecular complexity index is 387. The summed E-state index contributed by atoms with van der Waals surface area (Å²) in [5, 5.41) is 0. The molecule has 1 saturated heterocycles. The Labute approximate surface area is 102 Å². The van der Waals surface area contributed by atoms with E-state index < -0.39 is 0 Å². The van der Waals surface area contributed by atoms with E-state index in [0.717, 1.165) is 31.7 Å². The zero-order chi connectivity index (χ0) is 12.3. The second-order valence-corrected chi connectivity index (χ2v) is 4.83. The molecule has 0 N–H and O–H groups in total. The van der Waals surface area contributed by atoms with Crippen LogP contribution in [0.2, 0.25) is 0 Å². The molecule has 0 amide bonds. The number of methoxy groups -OCH3 is 1. The van der Waals surface area contributed by atoms with Crippen molar-refractivity contribution >= 4 is 5.78 Å². The van der Waals surface area contributed by atoms with Gasteiger partial charge in [-0.15, -0.1) is 0 Å². The quantitative estimate of drug-likeness (QED) is 0.720. The zero-order valence-corrected chi connectivity index (χ0v) is 10.6. The summed E-state index contributed by atoms with van der Waals surface area (Å²) in [6.45, 7) is 3.32. The summed E-state index contributed by atoms with van der Waals surface area (Å²) in [5.41, 5.74) is 0.808. The standard InChI is InChI=1S/C13H20N2O2/c1-14-5-4-12(8-14)13(16)9-15-6-3-11(7-15)10-17-2/h4-5,8,11H,3,6-7,9-10H2,1-2H3. The molecule has 1 fully saturated rings. The monoisotopic (exact) mass is 236 g/mol. The van der Waals surface area contributed by atoms with Gasteiger partial charge in [-0.05, 0) is 24.9 Å². The van der Waals surface area contributed by atoms with Crippen LogP contribution in [0.3, 0.4) is 0 Å². The maximum absolute atomic E-state index is 12.0. The lowest BCUT2D eigenvalue weighted by Crippen LogP contribution is -2.28. The highest BCUT2D eigenvalue weighted by Gasteiger charge is 2.24. The fraction of sp³-hybridized carbons (Fsp3) is 0.615. The Hall–Kier alpha value is -1.13. The van der Waals surface area contributed by atoms with Gasteiger partial charge in [-0.3, -0.25) is 9.69 Å². The summed E-state index contributed by atoms with van der Waals surface area (Å²) in [5.74, 6) is 0.798. The summed E-state index contributed by atoms with van der Waals surface area (Å²) in [6.07, 6.45) is 4.92. The van der Waals surface area contributed by atoms with Gasteiger partial charge in [-0.1, -0.05) is 0 Å². The fourth-order valence-corrected chi connectivity index (χ4v) is 2.39. The molecule has 1 atom stereocenters. The van der Waals surface area contributed by atoms with Crippen LogP contribution in [-0.4, -0.2) is 48.6 Å². The van der Waals surface area contributed by atoms with Crippen molar-refractivity contribution in [2.45, 2.75) is 6.42 Å². The molecule has 4 heteroatoms. The Morgan fingerprint density at radius 3 is 3.06 bits per heavy atom. The van der Waals surface area contributed by atoms with Crippen molar-refractivity contribution in [1.29, 1.82) is 0 Å². The van der Waals surface area contributed by atoms with Gasteiger partial charge in [-0.2, -0.15) is 0 Å². The van der Waals surface area contributed by atoms with E-state index >= 15 is 0 Å². The highest BCUT2D eigenvalue weighted by molar-refractivity contribution is 5.97. The Kier molecular flexibility index (Phi) is 3.97. The lowest BCUT2D eigenvalue weighted by atomic mass is 10.1. The van der Waals surface area contributed by atoms with Crippen molar-refractivity contribution in [3.63, 3.8) is 0 Å². The van der Waals surface area contributed by atoms with Crippen LogP contribution >= 0.6 is 0 Å². The minimum atomic E-state index is 0.212. The Balaban J connectivity index is 1.84. The van der Waals surface area contributed by atoms with Gasteiger partial charge in [-0.25, -0.2) is 0 Å². The molecular formula is C13H20N2O2.